The van der Waals surface area contributed by atoms with Gasteiger partial charge >= 0.3 is 0 Å². The molecule has 1 saturated heterocycles. The standard InChI is InChI=1S/C21H18Cl2FN3O2S/c22-13-1-6-16-17(11-13)30-20(19(16)23)21(29)27-9-7-26(8-10-27)12-18(28)25-15-4-2-14(24)3-5-15/h1-6,11H,7-10,12H2,(H,25,28). The first-order chi connectivity index (χ1) is 14.4. The van der Waals surface area contributed by atoms with E-state index >= 15 is 0 Å². The SMILES string of the molecule is O=C(CN1CCN(C(=O)c2sc3cc(Cl)ccc3c2Cl)CC1)Nc1ccc(F)cc1. The smallest absolute Gasteiger partial charge is 0.265 e. The third kappa shape index (κ3) is 4.59. The number of anilines is 1. The third-order valence-corrected chi connectivity index (χ3v) is 6.82. The second kappa shape index (κ2) is 8.89. The van der Waals surface area contributed by atoms with E-state index < -0.39 is 0 Å². The summed E-state index contributed by atoms with van der Waals surface area (Å²) in [6.45, 7) is 2.39. The highest BCUT2D eigenvalue weighted by atomic mass is 35.5. The summed E-state index contributed by atoms with van der Waals surface area (Å²) in [6, 6.07) is 11.0. The van der Waals surface area contributed by atoms with Gasteiger partial charge in [0.25, 0.3) is 5.91 Å². The van der Waals surface area contributed by atoms with Crippen LogP contribution in [0.4, 0.5) is 10.1 Å². The topological polar surface area (TPSA) is 52.7 Å². The first kappa shape index (κ1) is 21.1. The fourth-order valence-corrected chi connectivity index (χ4v) is 5.12. The van der Waals surface area contributed by atoms with Crippen LogP contribution in [0.3, 0.4) is 0 Å². The number of carbonyl (C=O) groups excluding carboxylic acids is 2. The van der Waals surface area contributed by atoms with E-state index in [1.54, 1.807) is 11.0 Å². The average molecular weight is 466 g/mol. The molecule has 156 valence electrons. The summed E-state index contributed by atoms with van der Waals surface area (Å²) in [5.41, 5.74) is 0.551. The number of piperazine rings is 1. The summed E-state index contributed by atoms with van der Waals surface area (Å²) in [7, 11) is 0. The number of fused-ring (bicyclic) bond motifs is 1. The van der Waals surface area contributed by atoms with Crippen molar-refractivity contribution in [2.75, 3.05) is 38.0 Å². The highest BCUT2D eigenvalue weighted by molar-refractivity contribution is 7.21. The first-order valence-electron chi connectivity index (χ1n) is 9.35. The molecule has 1 fully saturated rings. The highest BCUT2D eigenvalue weighted by Gasteiger charge is 2.26. The van der Waals surface area contributed by atoms with E-state index in [-0.39, 0.29) is 24.2 Å². The molecule has 30 heavy (non-hydrogen) atoms. The zero-order valence-electron chi connectivity index (χ0n) is 15.8. The van der Waals surface area contributed by atoms with Crippen LogP contribution in [0.15, 0.2) is 42.5 Å². The number of hydrogen-bond donors (Lipinski definition) is 1. The van der Waals surface area contributed by atoms with Crippen LogP contribution in [0.2, 0.25) is 10.0 Å². The van der Waals surface area contributed by atoms with E-state index in [1.165, 1.54) is 35.6 Å². The second-order valence-corrected chi connectivity index (χ2v) is 8.88. The Balaban J connectivity index is 1.34. The Labute approximate surface area is 187 Å². The molecular weight excluding hydrogens is 448 g/mol. The van der Waals surface area contributed by atoms with E-state index in [2.05, 4.69) is 5.32 Å². The van der Waals surface area contributed by atoms with Gasteiger partial charge in [-0.05, 0) is 36.4 Å². The maximum Gasteiger partial charge on any atom is 0.265 e. The van der Waals surface area contributed by atoms with Gasteiger partial charge in [0.1, 0.15) is 10.7 Å². The molecule has 0 saturated carbocycles. The molecule has 1 aliphatic heterocycles. The number of carbonyl (C=O) groups is 2. The fourth-order valence-electron chi connectivity index (χ4n) is 3.37. The molecule has 3 aromatic rings. The van der Waals surface area contributed by atoms with E-state index in [0.717, 1.165) is 10.1 Å². The molecule has 2 amide bonds. The third-order valence-electron chi connectivity index (χ3n) is 4.94. The van der Waals surface area contributed by atoms with E-state index in [4.69, 9.17) is 23.2 Å². The quantitative estimate of drug-likeness (QED) is 0.604. The van der Waals surface area contributed by atoms with Crippen LogP contribution in [-0.4, -0.2) is 54.3 Å². The van der Waals surface area contributed by atoms with Gasteiger partial charge in [-0.25, -0.2) is 4.39 Å². The van der Waals surface area contributed by atoms with Crippen LogP contribution in [-0.2, 0) is 4.79 Å². The molecule has 5 nitrogen and oxygen atoms in total. The first-order valence-corrected chi connectivity index (χ1v) is 10.9. The second-order valence-electron chi connectivity index (χ2n) is 7.01. The Hall–Kier alpha value is -2.19. The molecule has 9 heteroatoms. The van der Waals surface area contributed by atoms with Crippen LogP contribution in [0.1, 0.15) is 9.67 Å². The number of rotatable bonds is 4. The number of hydrogen-bond acceptors (Lipinski definition) is 4. The molecule has 0 spiro atoms. The van der Waals surface area contributed by atoms with Crippen molar-refractivity contribution in [1.29, 1.82) is 0 Å². The van der Waals surface area contributed by atoms with E-state index in [9.17, 15) is 14.0 Å². The van der Waals surface area contributed by atoms with Crippen molar-refractivity contribution in [2.24, 2.45) is 0 Å². The van der Waals surface area contributed by atoms with Gasteiger partial charge in [0.05, 0.1) is 11.6 Å². The predicted octanol–water partition coefficient (Wildman–Crippen LogP) is 4.74. The van der Waals surface area contributed by atoms with Crippen molar-refractivity contribution in [2.45, 2.75) is 0 Å². The molecule has 1 aliphatic rings. The van der Waals surface area contributed by atoms with Gasteiger partial charge in [0.2, 0.25) is 5.91 Å². The predicted molar refractivity (Wildman–Crippen MR) is 119 cm³/mol. The normalized spacial score (nSPS) is 14.8. The molecule has 0 atom stereocenters. The number of nitrogens with zero attached hydrogens (tertiary/aromatic N) is 2. The number of nitrogens with one attached hydrogen (secondary N) is 1. The van der Waals surface area contributed by atoms with E-state index in [0.29, 0.717) is 46.8 Å². The Morgan fingerprint density at radius 1 is 1.03 bits per heavy atom. The van der Waals surface area contributed by atoms with Gasteiger partial charge in [-0.1, -0.05) is 29.3 Å². The van der Waals surface area contributed by atoms with Crippen LogP contribution in [0, 0.1) is 5.82 Å². The monoisotopic (exact) mass is 465 g/mol. The molecule has 0 unspecified atom stereocenters. The van der Waals surface area contributed by atoms with Gasteiger partial charge in [-0.15, -0.1) is 11.3 Å². The lowest BCUT2D eigenvalue weighted by Crippen LogP contribution is -2.50. The summed E-state index contributed by atoms with van der Waals surface area (Å²) < 4.78 is 13.8. The Bertz CT molecular complexity index is 1100. The average Bonchev–Trinajstić information content (AvgIpc) is 3.05. The lowest BCUT2D eigenvalue weighted by Gasteiger charge is -2.34. The molecule has 2 aromatic carbocycles. The molecule has 2 heterocycles. The Morgan fingerprint density at radius 3 is 2.43 bits per heavy atom. The number of halogens is 3. The van der Waals surface area contributed by atoms with Crippen LogP contribution < -0.4 is 5.32 Å². The van der Waals surface area contributed by atoms with Crippen LogP contribution in [0.25, 0.3) is 10.1 Å². The van der Waals surface area contributed by atoms with Gasteiger partial charge in [-0.3, -0.25) is 14.5 Å². The minimum atomic E-state index is -0.351. The van der Waals surface area contributed by atoms with Crippen molar-refractivity contribution in [1.82, 2.24) is 9.80 Å². The summed E-state index contributed by atoms with van der Waals surface area (Å²) in [4.78, 5) is 29.4. The molecule has 0 bridgehead atoms. The minimum Gasteiger partial charge on any atom is -0.335 e. The number of amides is 2. The zero-order valence-corrected chi connectivity index (χ0v) is 18.2. The molecule has 0 aliphatic carbocycles. The lowest BCUT2D eigenvalue weighted by molar-refractivity contribution is -0.117. The van der Waals surface area contributed by atoms with Crippen molar-refractivity contribution >= 4 is 62.1 Å². The maximum absolute atomic E-state index is 13.0. The van der Waals surface area contributed by atoms with Gasteiger partial charge in [0, 0.05) is 47.0 Å². The zero-order chi connectivity index (χ0) is 21.3. The largest absolute Gasteiger partial charge is 0.335 e. The summed E-state index contributed by atoms with van der Waals surface area (Å²) >= 11 is 13.8. The maximum atomic E-state index is 13.0. The number of thiophene rings is 1. The summed E-state index contributed by atoms with van der Waals surface area (Å²) in [5, 5.41) is 4.63. The van der Waals surface area contributed by atoms with Crippen molar-refractivity contribution in [3.8, 4) is 0 Å². The van der Waals surface area contributed by atoms with Gasteiger partial charge in [0.15, 0.2) is 0 Å². The number of benzene rings is 2. The fraction of sp³-hybridized carbons (Fsp3) is 0.238. The summed E-state index contributed by atoms with van der Waals surface area (Å²) in [6.07, 6.45) is 0. The molecular formula is C21H18Cl2FN3O2S. The Morgan fingerprint density at radius 2 is 1.73 bits per heavy atom. The van der Waals surface area contributed by atoms with Crippen molar-refractivity contribution < 1.29 is 14.0 Å². The molecule has 1 aromatic heterocycles. The van der Waals surface area contributed by atoms with Crippen LogP contribution >= 0.6 is 34.5 Å². The lowest BCUT2D eigenvalue weighted by atomic mass is 10.2. The van der Waals surface area contributed by atoms with Gasteiger partial charge < -0.3 is 10.2 Å². The van der Waals surface area contributed by atoms with Gasteiger partial charge in [-0.2, -0.15) is 0 Å². The van der Waals surface area contributed by atoms with E-state index in [1.807, 2.05) is 17.0 Å². The summed E-state index contributed by atoms with van der Waals surface area (Å²) in [5.74, 6) is -0.630. The molecule has 0 radical (unpaired) electrons. The highest BCUT2D eigenvalue weighted by Crippen LogP contribution is 2.37. The molecule has 4 rings (SSSR count). The minimum absolute atomic E-state index is 0.104. The molecule has 1 N–H and O–H groups in total. The van der Waals surface area contributed by atoms with Crippen LogP contribution in [0.5, 0.6) is 0 Å². The Kier molecular flexibility index (Phi) is 6.24. The van der Waals surface area contributed by atoms with Crippen molar-refractivity contribution in [3.05, 3.63) is 63.2 Å². The van der Waals surface area contributed by atoms with Crippen molar-refractivity contribution in [3.63, 3.8) is 0 Å².